The van der Waals surface area contributed by atoms with Crippen LogP contribution < -0.4 is 10.4 Å². The third-order valence-electron chi connectivity index (χ3n) is 3.16. The summed E-state index contributed by atoms with van der Waals surface area (Å²) < 4.78 is 5.77. The summed E-state index contributed by atoms with van der Waals surface area (Å²) in [5.41, 5.74) is 1.52. The molecular weight excluding hydrogens is 172 g/mol. The number of hydrogen-bond acceptors (Lipinski definition) is 1. The van der Waals surface area contributed by atoms with Crippen LogP contribution in [0.15, 0.2) is 24.3 Å². The van der Waals surface area contributed by atoms with E-state index in [9.17, 15) is 0 Å². The molecule has 1 aromatic rings. The maximum atomic E-state index is 5.77. The zero-order valence-corrected chi connectivity index (χ0v) is 8.20. The lowest BCUT2D eigenvalue weighted by Crippen LogP contribution is -2.37. The van der Waals surface area contributed by atoms with Gasteiger partial charge in [-0.25, -0.2) is 0 Å². The van der Waals surface area contributed by atoms with Gasteiger partial charge in [0.2, 0.25) is 0 Å². The predicted octanol–water partition coefficient (Wildman–Crippen LogP) is 1.20. The van der Waals surface area contributed by atoms with Gasteiger partial charge in [0.05, 0.1) is 6.10 Å². The summed E-state index contributed by atoms with van der Waals surface area (Å²) in [5.74, 6) is 0. The molecule has 2 aliphatic rings. The fourth-order valence-corrected chi connectivity index (χ4v) is 2.47. The van der Waals surface area contributed by atoms with Crippen LogP contribution in [0.5, 0.6) is 0 Å². The Morgan fingerprint density at radius 1 is 1.21 bits per heavy atom. The van der Waals surface area contributed by atoms with Crippen LogP contribution in [-0.2, 0) is 4.74 Å². The van der Waals surface area contributed by atoms with Crippen LogP contribution in [0.3, 0.4) is 0 Å². The van der Waals surface area contributed by atoms with Crippen molar-refractivity contribution in [1.29, 1.82) is 0 Å². The van der Waals surface area contributed by atoms with Crippen molar-refractivity contribution in [3.05, 3.63) is 34.7 Å². The van der Waals surface area contributed by atoms with Crippen molar-refractivity contribution in [3.8, 4) is 0 Å². The molecular formula is C13H14O. The van der Waals surface area contributed by atoms with Crippen LogP contribution in [0, 0.1) is 0 Å². The number of benzene rings is 1. The minimum atomic E-state index is 0.374. The average molecular weight is 186 g/mol. The smallest absolute Gasteiger partial charge is 0.0828 e. The van der Waals surface area contributed by atoms with E-state index in [-0.39, 0.29) is 0 Å². The van der Waals surface area contributed by atoms with E-state index >= 15 is 0 Å². The molecule has 0 spiro atoms. The first-order valence-electron chi connectivity index (χ1n) is 5.35. The normalized spacial score (nSPS) is 24.9. The molecule has 14 heavy (non-hydrogen) atoms. The molecule has 1 atom stereocenters. The number of fused-ring (bicyclic) bond motifs is 2. The van der Waals surface area contributed by atoms with Crippen molar-refractivity contribution in [2.24, 2.45) is 0 Å². The van der Waals surface area contributed by atoms with E-state index < -0.39 is 0 Å². The third-order valence-corrected chi connectivity index (χ3v) is 3.16. The van der Waals surface area contributed by atoms with Gasteiger partial charge in [0.25, 0.3) is 0 Å². The third kappa shape index (κ3) is 1.20. The first-order valence-corrected chi connectivity index (χ1v) is 5.35. The van der Waals surface area contributed by atoms with Crippen LogP contribution in [0.4, 0.5) is 0 Å². The first-order chi connectivity index (χ1) is 6.95. The van der Waals surface area contributed by atoms with Crippen LogP contribution >= 0.6 is 0 Å². The van der Waals surface area contributed by atoms with Gasteiger partial charge in [0.1, 0.15) is 0 Å². The van der Waals surface area contributed by atoms with E-state index in [1.54, 1.807) is 0 Å². The molecule has 1 aliphatic carbocycles. The van der Waals surface area contributed by atoms with Crippen molar-refractivity contribution in [3.63, 3.8) is 0 Å². The van der Waals surface area contributed by atoms with E-state index in [1.807, 2.05) is 0 Å². The highest BCUT2D eigenvalue weighted by Gasteiger charge is 2.21. The Morgan fingerprint density at radius 3 is 3.14 bits per heavy atom. The van der Waals surface area contributed by atoms with Crippen molar-refractivity contribution >= 4 is 11.6 Å². The summed E-state index contributed by atoms with van der Waals surface area (Å²) in [6.07, 6.45) is 6.13. The van der Waals surface area contributed by atoms with Crippen molar-refractivity contribution < 1.29 is 4.74 Å². The molecule has 0 saturated carbocycles. The summed E-state index contributed by atoms with van der Waals surface area (Å²) >= 11 is 0. The topological polar surface area (TPSA) is 9.23 Å². The van der Waals surface area contributed by atoms with Gasteiger partial charge < -0.3 is 4.74 Å². The fraction of sp³-hybridized carbons (Fsp3) is 0.385. The second-order valence-electron chi connectivity index (χ2n) is 4.02. The molecule has 1 aromatic carbocycles. The van der Waals surface area contributed by atoms with Gasteiger partial charge in [-0.1, -0.05) is 30.3 Å². The minimum absolute atomic E-state index is 0.374. The standard InChI is InChI=1S/C13H14O/c1-2-5-11-10(4-1)7-8-13-12(11)6-3-9-14-13/h1-2,4-5,7,13H,3,6,8-9H2. The van der Waals surface area contributed by atoms with Gasteiger partial charge in [0.15, 0.2) is 0 Å². The highest BCUT2D eigenvalue weighted by atomic mass is 16.5. The van der Waals surface area contributed by atoms with E-state index in [2.05, 4.69) is 30.3 Å². The van der Waals surface area contributed by atoms with Gasteiger partial charge in [-0.15, -0.1) is 0 Å². The summed E-state index contributed by atoms with van der Waals surface area (Å²) in [4.78, 5) is 0. The summed E-state index contributed by atoms with van der Waals surface area (Å²) in [7, 11) is 0. The quantitative estimate of drug-likeness (QED) is 0.591. The molecule has 1 aliphatic heterocycles. The monoisotopic (exact) mass is 186 g/mol. The Morgan fingerprint density at radius 2 is 2.14 bits per heavy atom. The second kappa shape index (κ2) is 3.25. The minimum Gasteiger partial charge on any atom is -0.374 e. The zero-order valence-electron chi connectivity index (χ0n) is 8.20. The first kappa shape index (κ1) is 8.25. The van der Waals surface area contributed by atoms with Crippen LogP contribution in [0.1, 0.15) is 19.3 Å². The van der Waals surface area contributed by atoms with Gasteiger partial charge in [-0.2, -0.15) is 0 Å². The molecule has 1 saturated heterocycles. The van der Waals surface area contributed by atoms with E-state index in [4.69, 9.17) is 4.74 Å². The second-order valence-corrected chi connectivity index (χ2v) is 4.02. The largest absolute Gasteiger partial charge is 0.374 e. The number of hydrogen-bond donors (Lipinski definition) is 0. The molecule has 1 heteroatoms. The maximum Gasteiger partial charge on any atom is 0.0828 e. The molecule has 1 unspecified atom stereocenters. The Labute approximate surface area is 83.7 Å². The molecule has 1 heterocycles. The Hall–Kier alpha value is -1.08. The lowest BCUT2D eigenvalue weighted by atomic mass is 9.92. The zero-order chi connectivity index (χ0) is 9.38. The predicted molar refractivity (Wildman–Crippen MR) is 57.2 cm³/mol. The van der Waals surface area contributed by atoms with E-state index in [0.29, 0.717) is 6.10 Å². The fourth-order valence-electron chi connectivity index (χ4n) is 2.47. The molecule has 0 amide bonds. The van der Waals surface area contributed by atoms with Crippen molar-refractivity contribution in [2.75, 3.05) is 6.61 Å². The summed E-state index contributed by atoms with van der Waals surface area (Å²) in [5, 5.41) is 2.81. The maximum absolute atomic E-state index is 5.77. The van der Waals surface area contributed by atoms with Gasteiger partial charge >= 0.3 is 0 Å². The molecule has 72 valence electrons. The van der Waals surface area contributed by atoms with Gasteiger partial charge in [-0.3, -0.25) is 0 Å². The van der Waals surface area contributed by atoms with Gasteiger partial charge in [0, 0.05) is 6.61 Å². The SMILES string of the molecule is C1=c2ccccc2=C2CCCOC2C1. The van der Waals surface area contributed by atoms with Crippen molar-refractivity contribution in [2.45, 2.75) is 25.4 Å². The van der Waals surface area contributed by atoms with Crippen LogP contribution in [0.2, 0.25) is 0 Å². The Bertz CT molecular complexity index is 458. The van der Waals surface area contributed by atoms with E-state index in [0.717, 1.165) is 13.0 Å². The Balaban J connectivity index is 2.27. The highest BCUT2D eigenvalue weighted by Crippen LogP contribution is 2.23. The molecule has 0 radical (unpaired) electrons. The molecule has 3 rings (SSSR count). The molecule has 0 aromatic heterocycles. The number of ether oxygens (including phenoxy) is 1. The Kier molecular flexibility index (Phi) is 1.91. The number of rotatable bonds is 0. The van der Waals surface area contributed by atoms with Crippen LogP contribution in [-0.4, -0.2) is 12.7 Å². The molecule has 0 N–H and O–H groups in total. The summed E-state index contributed by atoms with van der Waals surface area (Å²) in [6, 6.07) is 8.66. The lowest BCUT2D eigenvalue weighted by Gasteiger charge is -2.27. The van der Waals surface area contributed by atoms with E-state index in [1.165, 1.54) is 28.9 Å². The summed E-state index contributed by atoms with van der Waals surface area (Å²) in [6.45, 7) is 0.935. The molecule has 1 nitrogen and oxygen atoms in total. The van der Waals surface area contributed by atoms with Gasteiger partial charge in [-0.05, 0) is 35.3 Å². The van der Waals surface area contributed by atoms with Crippen LogP contribution in [0.25, 0.3) is 11.6 Å². The van der Waals surface area contributed by atoms with Crippen molar-refractivity contribution in [1.82, 2.24) is 0 Å². The highest BCUT2D eigenvalue weighted by molar-refractivity contribution is 5.56. The lowest BCUT2D eigenvalue weighted by molar-refractivity contribution is 0.0742. The molecule has 1 fully saturated rings. The average Bonchev–Trinajstić information content (AvgIpc) is 2.29. The molecule has 0 bridgehead atoms.